The van der Waals surface area contributed by atoms with Crippen molar-refractivity contribution in [2.45, 2.75) is 6.92 Å². The van der Waals surface area contributed by atoms with Crippen molar-refractivity contribution < 1.29 is 23.8 Å². The van der Waals surface area contributed by atoms with Gasteiger partial charge < -0.3 is 19.5 Å². The summed E-state index contributed by atoms with van der Waals surface area (Å²) in [5.74, 6) is 0.678. The first-order valence-electron chi connectivity index (χ1n) is 11.3. The first-order valence-corrected chi connectivity index (χ1v) is 13.3. The van der Waals surface area contributed by atoms with Crippen LogP contribution in [0.5, 0.6) is 17.2 Å². The molecule has 0 unspecified atom stereocenters. The maximum atomic E-state index is 12.6. The highest BCUT2D eigenvalue weighted by Gasteiger charge is 2.13. The number of benzene rings is 3. The van der Waals surface area contributed by atoms with E-state index >= 15 is 0 Å². The molecule has 0 aliphatic heterocycles. The topological polar surface area (TPSA) is 98.3 Å². The Hall–Kier alpha value is -3.34. The Labute approximate surface area is 242 Å². The SMILES string of the molecule is C=CCOc1ccc(C(=O)N/N=C/c2cc(Br)c(OCC(=O)Nc3ccc(Cl)cc3)c(Br)c2)cc1OCC. The molecule has 11 heteroatoms. The van der Waals surface area contributed by atoms with Crippen LogP contribution in [-0.4, -0.2) is 37.8 Å². The lowest BCUT2D eigenvalue weighted by Crippen LogP contribution is -2.20. The van der Waals surface area contributed by atoms with Gasteiger partial charge in [0.25, 0.3) is 11.8 Å². The predicted octanol–water partition coefficient (Wildman–Crippen LogP) is 6.61. The highest BCUT2D eigenvalue weighted by molar-refractivity contribution is 9.11. The van der Waals surface area contributed by atoms with Gasteiger partial charge in [0.05, 0.1) is 21.8 Å². The lowest BCUT2D eigenvalue weighted by molar-refractivity contribution is -0.118. The van der Waals surface area contributed by atoms with Crippen molar-refractivity contribution in [1.29, 1.82) is 0 Å². The van der Waals surface area contributed by atoms with Gasteiger partial charge in [0, 0.05) is 16.3 Å². The number of amides is 2. The summed E-state index contributed by atoms with van der Waals surface area (Å²) in [7, 11) is 0. The van der Waals surface area contributed by atoms with E-state index in [4.69, 9.17) is 25.8 Å². The molecule has 0 spiro atoms. The number of anilines is 1. The largest absolute Gasteiger partial charge is 0.490 e. The molecule has 0 saturated carbocycles. The maximum Gasteiger partial charge on any atom is 0.271 e. The Balaban J connectivity index is 1.59. The van der Waals surface area contributed by atoms with E-state index in [1.165, 1.54) is 6.21 Å². The van der Waals surface area contributed by atoms with E-state index in [0.717, 1.165) is 0 Å². The zero-order valence-electron chi connectivity index (χ0n) is 20.3. The third-order valence-electron chi connectivity index (χ3n) is 4.74. The van der Waals surface area contributed by atoms with Gasteiger partial charge in [-0.3, -0.25) is 9.59 Å². The van der Waals surface area contributed by atoms with Crippen LogP contribution in [-0.2, 0) is 4.79 Å². The molecule has 38 heavy (non-hydrogen) atoms. The van der Waals surface area contributed by atoms with Gasteiger partial charge in [-0.15, -0.1) is 0 Å². The zero-order chi connectivity index (χ0) is 27.5. The van der Waals surface area contributed by atoms with Crippen molar-refractivity contribution in [2.24, 2.45) is 5.10 Å². The third-order valence-corrected chi connectivity index (χ3v) is 6.17. The Morgan fingerprint density at radius 1 is 1.00 bits per heavy atom. The van der Waals surface area contributed by atoms with E-state index in [9.17, 15) is 9.59 Å². The van der Waals surface area contributed by atoms with Crippen LogP contribution >= 0.6 is 43.5 Å². The molecule has 2 amide bonds. The second-order valence-electron chi connectivity index (χ2n) is 7.55. The minimum Gasteiger partial charge on any atom is -0.490 e. The quantitative estimate of drug-likeness (QED) is 0.129. The summed E-state index contributed by atoms with van der Waals surface area (Å²) >= 11 is 12.7. The van der Waals surface area contributed by atoms with E-state index in [1.54, 1.807) is 60.7 Å². The van der Waals surface area contributed by atoms with Crippen LogP contribution in [0.3, 0.4) is 0 Å². The van der Waals surface area contributed by atoms with E-state index in [-0.39, 0.29) is 12.5 Å². The molecule has 0 atom stereocenters. The van der Waals surface area contributed by atoms with Crippen molar-refractivity contribution >= 4 is 67.2 Å². The summed E-state index contributed by atoms with van der Waals surface area (Å²) in [4.78, 5) is 24.8. The molecular weight excluding hydrogens is 642 g/mol. The standard InChI is InChI=1S/C27H24Br2ClN3O5/c1-3-11-37-23-10-5-18(14-24(23)36-4-2)27(35)33-31-15-17-12-21(28)26(22(29)13-17)38-16-25(34)32-20-8-6-19(30)7-9-20/h3,5-10,12-15H,1,4,11,16H2,2H3,(H,32,34)(H,33,35)/b31-15+. The van der Waals surface area contributed by atoms with Gasteiger partial charge in [-0.1, -0.05) is 24.3 Å². The number of carbonyl (C=O) groups is 2. The molecule has 0 aliphatic rings. The fourth-order valence-electron chi connectivity index (χ4n) is 3.08. The molecule has 0 heterocycles. The van der Waals surface area contributed by atoms with E-state index in [1.807, 2.05) is 6.92 Å². The molecule has 3 aromatic rings. The average molecular weight is 666 g/mol. The van der Waals surface area contributed by atoms with Gasteiger partial charge in [0.15, 0.2) is 18.1 Å². The van der Waals surface area contributed by atoms with Crippen molar-refractivity contribution in [2.75, 3.05) is 25.1 Å². The Bertz CT molecular complexity index is 1310. The molecule has 2 N–H and O–H groups in total. The van der Waals surface area contributed by atoms with Crippen LogP contribution in [0.1, 0.15) is 22.8 Å². The molecule has 3 aromatic carbocycles. The lowest BCUT2D eigenvalue weighted by atomic mass is 10.2. The van der Waals surface area contributed by atoms with Crippen LogP contribution in [0.4, 0.5) is 5.69 Å². The normalized spacial score (nSPS) is 10.6. The number of carbonyl (C=O) groups excluding carboxylic acids is 2. The lowest BCUT2D eigenvalue weighted by Gasteiger charge is -2.12. The number of hydrogen-bond acceptors (Lipinski definition) is 6. The van der Waals surface area contributed by atoms with Crippen LogP contribution in [0.15, 0.2) is 81.3 Å². The predicted molar refractivity (Wildman–Crippen MR) is 156 cm³/mol. The van der Waals surface area contributed by atoms with Gasteiger partial charge >= 0.3 is 0 Å². The fraction of sp³-hybridized carbons (Fsp3) is 0.148. The van der Waals surface area contributed by atoms with Crippen molar-refractivity contribution in [1.82, 2.24) is 5.43 Å². The molecule has 0 fully saturated rings. The van der Waals surface area contributed by atoms with Gasteiger partial charge in [-0.25, -0.2) is 5.43 Å². The molecule has 0 radical (unpaired) electrons. The average Bonchev–Trinajstić information content (AvgIpc) is 2.89. The minimum absolute atomic E-state index is 0.204. The Kier molecular flexibility index (Phi) is 11.2. The van der Waals surface area contributed by atoms with Crippen LogP contribution in [0.2, 0.25) is 5.02 Å². The number of hydrogen-bond donors (Lipinski definition) is 2. The second-order valence-corrected chi connectivity index (χ2v) is 9.70. The number of nitrogens with zero attached hydrogens (tertiary/aromatic N) is 1. The van der Waals surface area contributed by atoms with Crippen LogP contribution in [0, 0.1) is 0 Å². The van der Waals surface area contributed by atoms with E-state index in [2.05, 4.69) is 54.3 Å². The minimum atomic E-state index is -0.415. The monoisotopic (exact) mass is 663 g/mol. The van der Waals surface area contributed by atoms with Gasteiger partial charge in [0.1, 0.15) is 12.4 Å². The molecule has 3 rings (SSSR count). The number of ether oxygens (including phenoxy) is 3. The summed E-state index contributed by atoms with van der Waals surface area (Å²) in [6, 6.07) is 15.1. The number of halogens is 3. The van der Waals surface area contributed by atoms with Crippen molar-refractivity contribution in [3.8, 4) is 17.2 Å². The molecule has 8 nitrogen and oxygen atoms in total. The summed E-state index contributed by atoms with van der Waals surface area (Å²) in [5.41, 5.74) is 4.14. The summed E-state index contributed by atoms with van der Waals surface area (Å²) in [6.07, 6.45) is 3.11. The first-order chi connectivity index (χ1) is 18.3. The maximum absolute atomic E-state index is 12.6. The molecule has 0 saturated heterocycles. The highest BCUT2D eigenvalue weighted by atomic mass is 79.9. The molecule has 198 valence electrons. The summed E-state index contributed by atoms with van der Waals surface area (Å²) < 4.78 is 18.0. The van der Waals surface area contributed by atoms with Gasteiger partial charge in [-0.05, 0) is 98.9 Å². The second kappa shape index (κ2) is 14.6. The van der Waals surface area contributed by atoms with Gasteiger partial charge in [0.2, 0.25) is 0 Å². The molecule has 0 aromatic heterocycles. The molecular formula is C27H24Br2ClN3O5. The number of rotatable bonds is 12. The number of nitrogens with one attached hydrogen (secondary N) is 2. The van der Waals surface area contributed by atoms with Crippen molar-refractivity contribution in [3.05, 3.63) is 92.3 Å². The van der Waals surface area contributed by atoms with Crippen LogP contribution in [0.25, 0.3) is 0 Å². The Morgan fingerprint density at radius 2 is 1.71 bits per heavy atom. The first kappa shape index (κ1) is 29.2. The van der Waals surface area contributed by atoms with E-state index < -0.39 is 5.91 Å². The highest BCUT2D eigenvalue weighted by Crippen LogP contribution is 2.34. The summed E-state index contributed by atoms with van der Waals surface area (Å²) in [6.45, 7) is 6.01. The van der Waals surface area contributed by atoms with Crippen LogP contribution < -0.4 is 25.0 Å². The molecule has 0 bridgehead atoms. The molecule has 0 aliphatic carbocycles. The fourth-order valence-corrected chi connectivity index (χ4v) is 4.65. The van der Waals surface area contributed by atoms with Gasteiger partial charge in [-0.2, -0.15) is 5.10 Å². The number of hydrazone groups is 1. The third kappa shape index (κ3) is 8.61. The smallest absolute Gasteiger partial charge is 0.271 e. The Morgan fingerprint density at radius 3 is 2.37 bits per heavy atom. The van der Waals surface area contributed by atoms with E-state index in [0.29, 0.717) is 61.2 Å². The van der Waals surface area contributed by atoms with Crippen molar-refractivity contribution in [3.63, 3.8) is 0 Å². The zero-order valence-corrected chi connectivity index (χ0v) is 24.2. The summed E-state index contributed by atoms with van der Waals surface area (Å²) in [5, 5.41) is 7.35.